The summed E-state index contributed by atoms with van der Waals surface area (Å²) >= 11 is 0. The molecule has 1 aromatic rings. The van der Waals surface area contributed by atoms with Crippen molar-refractivity contribution in [3.8, 4) is 0 Å². The Balaban J connectivity index is 2.03. The molecule has 0 spiro atoms. The summed E-state index contributed by atoms with van der Waals surface area (Å²) in [6.45, 7) is 5.57. The van der Waals surface area contributed by atoms with Crippen molar-refractivity contribution in [1.82, 2.24) is 4.98 Å². The average molecular weight is 265 g/mol. The highest BCUT2D eigenvalue weighted by molar-refractivity contribution is 5.48. The normalized spacial score (nSPS) is 18.0. The van der Waals surface area contributed by atoms with Gasteiger partial charge in [-0.1, -0.05) is 0 Å². The van der Waals surface area contributed by atoms with Gasteiger partial charge in [-0.3, -0.25) is 10.1 Å². The van der Waals surface area contributed by atoms with Crippen LogP contribution in [0.1, 0.15) is 25.3 Å². The number of nitrogens with zero attached hydrogens (tertiary/aromatic N) is 2. The van der Waals surface area contributed by atoms with Gasteiger partial charge < -0.3 is 10.1 Å². The Morgan fingerprint density at radius 1 is 1.53 bits per heavy atom. The van der Waals surface area contributed by atoms with Crippen molar-refractivity contribution in [3.63, 3.8) is 0 Å². The van der Waals surface area contributed by atoms with E-state index in [9.17, 15) is 10.1 Å². The summed E-state index contributed by atoms with van der Waals surface area (Å²) in [6.07, 6.45) is 3.38. The van der Waals surface area contributed by atoms with Crippen molar-refractivity contribution in [3.05, 3.63) is 27.9 Å². The zero-order valence-electron chi connectivity index (χ0n) is 11.3. The molecular weight excluding hydrogens is 246 g/mol. The summed E-state index contributed by atoms with van der Waals surface area (Å²) in [5, 5.41) is 14.0. The molecule has 1 aliphatic rings. The number of nitrogens with one attached hydrogen (secondary N) is 1. The van der Waals surface area contributed by atoms with Crippen molar-refractivity contribution >= 4 is 11.5 Å². The summed E-state index contributed by atoms with van der Waals surface area (Å²) in [6, 6.07) is 1.84. The number of pyridine rings is 1. The Kier molecular flexibility index (Phi) is 4.31. The lowest BCUT2D eigenvalue weighted by atomic mass is 9.93. The molecule has 2 rings (SSSR count). The molecule has 1 fully saturated rings. The maximum atomic E-state index is 10.7. The van der Waals surface area contributed by atoms with Gasteiger partial charge in [0.05, 0.1) is 4.92 Å². The number of hydrogen-bond donors (Lipinski definition) is 1. The lowest BCUT2D eigenvalue weighted by molar-refractivity contribution is -0.385. The average Bonchev–Trinajstić information content (AvgIpc) is 2.41. The molecule has 0 bridgehead atoms. The van der Waals surface area contributed by atoms with Gasteiger partial charge in [0.2, 0.25) is 0 Å². The number of anilines is 1. The predicted molar refractivity (Wildman–Crippen MR) is 72.3 cm³/mol. The molecule has 6 heteroatoms. The van der Waals surface area contributed by atoms with Crippen LogP contribution in [0.25, 0.3) is 0 Å². The van der Waals surface area contributed by atoms with Crippen molar-refractivity contribution < 1.29 is 9.66 Å². The second-order valence-corrected chi connectivity index (χ2v) is 5.00. The molecule has 1 saturated heterocycles. The lowest BCUT2D eigenvalue weighted by Gasteiger charge is -2.29. The Morgan fingerprint density at radius 3 is 2.79 bits per heavy atom. The third kappa shape index (κ3) is 3.41. The molecule has 1 atom stereocenters. The molecule has 0 amide bonds. The molecule has 0 radical (unpaired) electrons. The molecule has 0 saturated carbocycles. The van der Waals surface area contributed by atoms with E-state index in [0.717, 1.165) is 37.4 Å². The van der Waals surface area contributed by atoms with Gasteiger partial charge in [-0.15, -0.1) is 0 Å². The minimum Gasteiger partial charge on any atom is -0.381 e. The Morgan fingerprint density at radius 2 is 2.21 bits per heavy atom. The van der Waals surface area contributed by atoms with Gasteiger partial charge >= 0.3 is 0 Å². The molecule has 2 heterocycles. The second kappa shape index (κ2) is 5.97. The Labute approximate surface area is 112 Å². The first-order chi connectivity index (χ1) is 9.08. The number of hydrogen-bond acceptors (Lipinski definition) is 5. The van der Waals surface area contributed by atoms with Crippen LogP contribution < -0.4 is 5.32 Å². The van der Waals surface area contributed by atoms with Crippen LogP contribution in [0.2, 0.25) is 0 Å². The van der Waals surface area contributed by atoms with Crippen LogP contribution in [0.4, 0.5) is 11.5 Å². The standard InChI is InChI=1S/C13H19N3O3/c1-9-7-12(16(17)18)8-14-13(9)15-10(2)11-3-5-19-6-4-11/h7-8,10-11H,3-6H2,1-2H3,(H,14,15). The monoisotopic (exact) mass is 265 g/mol. The van der Waals surface area contributed by atoms with Gasteiger partial charge in [-0.25, -0.2) is 4.98 Å². The third-order valence-corrected chi connectivity index (χ3v) is 3.61. The molecule has 1 aromatic heterocycles. The minimum absolute atomic E-state index is 0.0294. The summed E-state index contributed by atoms with van der Waals surface area (Å²) in [5.41, 5.74) is 0.829. The Hall–Kier alpha value is -1.69. The fourth-order valence-electron chi connectivity index (χ4n) is 2.36. The quantitative estimate of drug-likeness (QED) is 0.668. The molecule has 104 valence electrons. The summed E-state index contributed by atoms with van der Waals surface area (Å²) in [5.74, 6) is 1.29. The van der Waals surface area contributed by atoms with Crippen LogP contribution in [-0.2, 0) is 4.74 Å². The van der Waals surface area contributed by atoms with Crippen LogP contribution in [0.15, 0.2) is 12.3 Å². The number of nitro groups is 1. The number of rotatable bonds is 4. The van der Waals surface area contributed by atoms with Gasteiger partial charge in [-0.05, 0) is 38.2 Å². The first-order valence-corrected chi connectivity index (χ1v) is 6.53. The number of aromatic nitrogens is 1. The fourth-order valence-corrected chi connectivity index (χ4v) is 2.36. The molecule has 1 N–H and O–H groups in total. The van der Waals surface area contributed by atoms with Crippen molar-refractivity contribution in [2.24, 2.45) is 5.92 Å². The van der Waals surface area contributed by atoms with E-state index in [0.29, 0.717) is 5.92 Å². The number of aryl methyl sites for hydroxylation is 1. The van der Waals surface area contributed by atoms with E-state index in [1.165, 1.54) is 6.20 Å². The molecule has 0 aromatic carbocycles. The van der Waals surface area contributed by atoms with Crippen molar-refractivity contribution in [1.29, 1.82) is 0 Å². The zero-order valence-corrected chi connectivity index (χ0v) is 11.3. The van der Waals surface area contributed by atoms with Gasteiger partial charge in [0, 0.05) is 25.3 Å². The highest BCUT2D eigenvalue weighted by Gasteiger charge is 2.21. The van der Waals surface area contributed by atoms with E-state index in [2.05, 4.69) is 17.2 Å². The molecule has 19 heavy (non-hydrogen) atoms. The maximum absolute atomic E-state index is 10.7. The van der Waals surface area contributed by atoms with Crippen LogP contribution >= 0.6 is 0 Å². The zero-order chi connectivity index (χ0) is 13.8. The van der Waals surface area contributed by atoms with E-state index in [-0.39, 0.29) is 11.7 Å². The second-order valence-electron chi connectivity index (χ2n) is 5.00. The molecule has 1 aliphatic heterocycles. The molecule has 6 nitrogen and oxygen atoms in total. The first-order valence-electron chi connectivity index (χ1n) is 6.53. The lowest BCUT2D eigenvalue weighted by Crippen LogP contribution is -2.31. The van der Waals surface area contributed by atoms with E-state index >= 15 is 0 Å². The maximum Gasteiger partial charge on any atom is 0.287 e. The van der Waals surface area contributed by atoms with E-state index in [1.807, 2.05) is 6.92 Å². The molecule has 1 unspecified atom stereocenters. The highest BCUT2D eigenvalue weighted by Crippen LogP contribution is 2.24. The molecule has 0 aliphatic carbocycles. The Bertz CT molecular complexity index is 458. The predicted octanol–water partition coefficient (Wildman–Crippen LogP) is 2.53. The topological polar surface area (TPSA) is 77.3 Å². The van der Waals surface area contributed by atoms with Crippen LogP contribution in [0.5, 0.6) is 0 Å². The minimum atomic E-state index is -0.425. The van der Waals surface area contributed by atoms with Gasteiger partial charge in [0.15, 0.2) is 0 Å². The summed E-state index contributed by atoms with van der Waals surface area (Å²) in [4.78, 5) is 14.4. The smallest absolute Gasteiger partial charge is 0.287 e. The number of ether oxygens (including phenoxy) is 1. The third-order valence-electron chi connectivity index (χ3n) is 3.61. The van der Waals surface area contributed by atoms with E-state index in [4.69, 9.17) is 4.74 Å². The van der Waals surface area contributed by atoms with Crippen LogP contribution in [0.3, 0.4) is 0 Å². The highest BCUT2D eigenvalue weighted by atomic mass is 16.6. The first kappa shape index (κ1) is 13.7. The fraction of sp³-hybridized carbons (Fsp3) is 0.615. The summed E-state index contributed by atoms with van der Waals surface area (Å²) in [7, 11) is 0. The van der Waals surface area contributed by atoms with Crippen LogP contribution in [-0.4, -0.2) is 29.2 Å². The molecular formula is C13H19N3O3. The van der Waals surface area contributed by atoms with Gasteiger partial charge in [-0.2, -0.15) is 0 Å². The van der Waals surface area contributed by atoms with E-state index < -0.39 is 4.92 Å². The van der Waals surface area contributed by atoms with Gasteiger partial charge in [0.1, 0.15) is 12.0 Å². The van der Waals surface area contributed by atoms with Crippen molar-refractivity contribution in [2.75, 3.05) is 18.5 Å². The van der Waals surface area contributed by atoms with Gasteiger partial charge in [0.25, 0.3) is 5.69 Å². The van der Waals surface area contributed by atoms with E-state index in [1.54, 1.807) is 6.07 Å². The SMILES string of the molecule is Cc1cc([N+](=O)[O-])cnc1NC(C)C1CCOCC1. The van der Waals surface area contributed by atoms with Crippen molar-refractivity contribution in [2.45, 2.75) is 32.7 Å². The summed E-state index contributed by atoms with van der Waals surface area (Å²) < 4.78 is 5.35. The largest absolute Gasteiger partial charge is 0.381 e. The van der Waals surface area contributed by atoms with Crippen LogP contribution in [0, 0.1) is 23.0 Å².